The highest BCUT2D eigenvalue weighted by atomic mass is 16.2. The zero-order valence-corrected chi connectivity index (χ0v) is 15.9. The van der Waals surface area contributed by atoms with Crippen LogP contribution in [0.25, 0.3) is 6.08 Å². The molecule has 2 aromatic carbocycles. The van der Waals surface area contributed by atoms with E-state index in [2.05, 4.69) is 38.1 Å². The zero-order valence-electron chi connectivity index (χ0n) is 15.9. The number of fused-ring (bicyclic) bond motifs is 1. The highest BCUT2D eigenvalue weighted by Gasteiger charge is 2.58. The fourth-order valence-electron chi connectivity index (χ4n) is 4.28. The summed E-state index contributed by atoms with van der Waals surface area (Å²) in [7, 11) is 1.98. The van der Waals surface area contributed by atoms with Gasteiger partial charge in [-0.1, -0.05) is 36.4 Å². The van der Waals surface area contributed by atoms with Gasteiger partial charge < -0.3 is 11.5 Å². The molecule has 2 unspecified atom stereocenters. The quantitative estimate of drug-likeness (QED) is 0.658. The fourth-order valence-corrected chi connectivity index (χ4v) is 4.28. The molecule has 3 rings (SSSR count). The lowest BCUT2D eigenvalue weighted by Gasteiger charge is -2.37. The molecule has 4 N–H and O–H groups in total. The van der Waals surface area contributed by atoms with Crippen LogP contribution in [0.1, 0.15) is 31.9 Å². The van der Waals surface area contributed by atoms with Gasteiger partial charge >= 0.3 is 5.91 Å². The normalized spacial score (nSPS) is 25.2. The van der Waals surface area contributed by atoms with Crippen LogP contribution in [-0.4, -0.2) is 25.0 Å². The maximum absolute atomic E-state index is 13.2. The number of para-hydroxylation sites is 1. The molecule has 1 heterocycles. The summed E-state index contributed by atoms with van der Waals surface area (Å²) in [5.74, 6) is 0.0231. The highest BCUT2D eigenvalue weighted by Crippen LogP contribution is 2.49. The second-order valence-corrected chi connectivity index (χ2v) is 7.91. The lowest BCUT2D eigenvalue weighted by molar-refractivity contribution is -0.131. The van der Waals surface area contributed by atoms with Crippen molar-refractivity contribution in [1.29, 1.82) is 0 Å². The predicted octanol–water partition coefficient (Wildman–Crippen LogP) is 3.45. The molecule has 0 aromatic heterocycles. The Bertz CT molecular complexity index is 852. The molecule has 1 amide bonds. The minimum absolute atomic E-state index is 0.0231. The van der Waals surface area contributed by atoms with Gasteiger partial charge in [-0.3, -0.25) is 0 Å². The van der Waals surface area contributed by atoms with E-state index in [1.807, 2.05) is 43.4 Å². The Kier molecular flexibility index (Phi) is 4.51. The van der Waals surface area contributed by atoms with Gasteiger partial charge in [0.2, 0.25) is 0 Å². The first-order chi connectivity index (χ1) is 12.2. The van der Waals surface area contributed by atoms with Gasteiger partial charge in [0, 0.05) is 11.3 Å². The largest absolute Gasteiger partial charge is 0.399 e. The van der Waals surface area contributed by atoms with Gasteiger partial charge in [0.15, 0.2) is 0 Å². The van der Waals surface area contributed by atoms with E-state index in [0.717, 1.165) is 16.9 Å². The minimum atomic E-state index is -0.533. The summed E-state index contributed by atoms with van der Waals surface area (Å²) < 4.78 is 0.187. The first-order valence-corrected chi connectivity index (χ1v) is 8.99. The summed E-state index contributed by atoms with van der Waals surface area (Å²) in [6.07, 6.45) is 4.22. The van der Waals surface area contributed by atoms with E-state index in [1.165, 1.54) is 5.56 Å². The molecule has 4 heteroatoms. The molecule has 0 radical (unpaired) electrons. The molecule has 0 spiro atoms. The number of benzene rings is 2. The van der Waals surface area contributed by atoms with Crippen molar-refractivity contribution in [2.24, 2.45) is 5.73 Å². The first-order valence-electron chi connectivity index (χ1n) is 8.99. The van der Waals surface area contributed by atoms with Gasteiger partial charge in [-0.25, -0.2) is 9.28 Å². The van der Waals surface area contributed by atoms with Crippen molar-refractivity contribution in [2.75, 3.05) is 12.8 Å². The Morgan fingerprint density at radius 2 is 1.77 bits per heavy atom. The maximum Gasteiger partial charge on any atom is 0.335 e. The molecule has 2 aromatic rings. The molecule has 0 fully saturated rings. The molecule has 26 heavy (non-hydrogen) atoms. The van der Waals surface area contributed by atoms with Crippen LogP contribution in [0.4, 0.5) is 11.4 Å². The minimum Gasteiger partial charge on any atom is -0.399 e. The Morgan fingerprint density at radius 3 is 2.38 bits per heavy atom. The van der Waals surface area contributed by atoms with Crippen molar-refractivity contribution in [3.05, 3.63) is 65.7 Å². The molecule has 3 atom stereocenters. The number of anilines is 1. The summed E-state index contributed by atoms with van der Waals surface area (Å²) in [6, 6.07) is 15.4. The molecule has 0 aliphatic carbocycles. The number of likely N-dealkylation sites (N-methyl/N-ethyl adjacent to an activating group) is 1. The van der Waals surface area contributed by atoms with Gasteiger partial charge in [-0.15, -0.1) is 0 Å². The van der Waals surface area contributed by atoms with Gasteiger partial charge in [0.25, 0.3) is 0 Å². The molecular weight excluding hydrogens is 322 g/mol. The lowest BCUT2D eigenvalue weighted by Crippen LogP contribution is -2.62. The summed E-state index contributed by atoms with van der Waals surface area (Å²) in [5, 5.41) is 0. The topological polar surface area (TPSA) is 69.1 Å². The standard InChI is InChI=1S/C22H28N3O/c1-15(23)21(26)25(4)19-8-6-5-7-18(19)22(2,3)20(25)14-11-16-9-12-17(24)13-10-16/h5-15,20H,23-24H2,1-4H3/q+1/t15-,20?,25?/m0/s1. The Labute approximate surface area is 155 Å². The van der Waals surface area contributed by atoms with Crippen molar-refractivity contribution in [1.82, 2.24) is 4.48 Å². The second-order valence-electron chi connectivity index (χ2n) is 7.91. The van der Waals surface area contributed by atoms with Crippen LogP contribution in [0.5, 0.6) is 0 Å². The number of nitrogens with two attached hydrogens (primary N) is 2. The van der Waals surface area contributed by atoms with Gasteiger partial charge in [-0.05, 0) is 50.6 Å². The van der Waals surface area contributed by atoms with Crippen molar-refractivity contribution >= 4 is 23.4 Å². The van der Waals surface area contributed by atoms with Crippen LogP contribution >= 0.6 is 0 Å². The highest BCUT2D eigenvalue weighted by molar-refractivity contribution is 5.95. The SMILES string of the molecule is C[C@H](N)C(=O)[N+]1(C)c2ccccc2C(C)(C)C1C=Cc1ccc(N)cc1. The van der Waals surface area contributed by atoms with Crippen LogP contribution in [-0.2, 0) is 10.2 Å². The van der Waals surface area contributed by atoms with E-state index in [9.17, 15) is 4.79 Å². The van der Waals surface area contributed by atoms with Crippen LogP contribution in [0.2, 0.25) is 0 Å². The molecule has 4 nitrogen and oxygen atoms in total. The molecule has 0 saturated heterocycles. The second kappa shape index (κ2) is 6.38. The maximum atomic E-state index is 13.2. The molecule has 0 saturated carbocycles. The first kappa shape index (κ1) is 18.4. The smallest absolute Gasteiger partial charge is 0.335 e. The van der Waals surface area contributed by atoms with Crippen molar-refractivity contribution in [3.8, 4) is 0 Å². The number of carbonyl (C=O) groups is 1. The number of nitrogens with zero attached hydrogens (tertiary/aromatic N) is 1. The summed E-state index contributed by atoms with van der Waals surface area (Å²) in [4.78, 5) is 13.2. The monoisotopic (exact) mass is 350 g/mol. The number of carbonyl (C=O) groups excluding carboxylic acids is 1. The Hall–Kier alpha value is -2.43. The lowest BCUT2D eigenvalue weighted by atomic mass is 9.80. The Morgan fingerprint density at radius 1 is 1.15 bits per heavy atom. The molecule has 0 bridgehead atoms. The summed E-state index contributed by atoms with van der Waals surface area (Å²) >= 11 is 0. The van der Waals surface area contributed by atoms with Crippen molar-refractivity contribution in [3.63, 3.8) is 0 Å². The van der Waals surface area contributed by atoms with E-state index in [1.54, 1.807) is 6.92 Å². The van der Waals surface area contributed by atoms with E-state index >= 15 is 0 Å². The predicted molar refractivity (Wildman–Crippen MR) is 110 cm³/mol. The third-order valence-electron chi connectivity index (χ3n) is 5.65. The number of rotatable bonds is 3. The average Bonchev–Trinajstić information content (AvgIpc) is 2.79. The average molecular weight is 350 g/mol. The molecule has 1 aliphatic rings. The molecule has 136 valence electrons. The van der Waals surface area contributed by atoms with Crippen molar-refractivity contribution < 1.29 is 4.79 Å². The molecular formula is C22H28N3O+. The number of amides is 1. The third-order valence-corrected chi connectivity index (χ3v) is 5.65. The van der Waals surface area contributed by atoms with E-state index < -0.39 is 6.04 Å². The zero-order chi connectivity index (χ0) is 19.1. The van der Waals surface area contributed by atoms with Crippen LogP contribution in [0.15, 0.2) is 54.6 Å². The van der Waals surface area contributed by atoms with Gasteiger partial charge in [0.05, 0.1) is 12.5 Å². The van der Waals surface area contributed by atoms with E-state index in [0.29, 0.717) is 0 Å². The number of quaternary nitrogens is 1. The van der Waals surface area contributed by atoms with Gasteiger partial charge in [-0.2, -0.15) is 0 Å². The van der Waals surface area contributed by atoms with Gasteiger partial charge in [0.1, 0.15) is 17.8 Å². The van der Waals surface area contributed by atoms with E-state index in [4.69, 9.17) is 11.5 Å². The Balaban J connectivity index is 2.12. The number of hydrogen-bond donors (Lipinski definition) is 2. The summed E-state index contributed by atoms with van der Waals surface area (Å²) in [6.45, 7) is 6.16. The van der Waals surface area contributed by atoms with Crippen LogP contribution < -0.4 is 16.0 Å². The van der Waals surface area contributed by atoms with E-state index in [-0.39, 0.29) is 21.8 Å². The summed E-state index contributed by atoms with van der Waals surface area (Å²) in [5.41, 5.74) is 15.6. The number of hydrogen-bond acceptors (Lipinski definition) is 3. The van der Waals surface area contributed by atoms with Crippen molar-refractivity contribution in [2.45, 2.75) is 38.3 Å². The molecule has 1 aliphatic heterocycles. The fraction of sp³-hybridized carbons (Fsp3) is 0.318. The van der Waals surface area contributed by atoms with Crippen LogP contribution in [0.3, 0.4) is 0 Å². The van der Waals surface area contributed by atoms with Crippen LogP contribution in [0, 0.1) is 0 Å². The number of nitrogen functional groups attached to an aromatic ring is 1. The third kappa shape index (κ3) is 2.75.